The fraction of sp³-hybridized carbons (Fsp3) is 0.333. The molecule has 0 heterocycles. The second-order valence-electron chi connectivity index (χ2n) is 6.38. The van der Waals surface area contributed by atoms with E-state index in [2.05, 4.69) is 5.32 Å². The van der Waals surface area contributed by atoms with Crippen LogP contribution in [0.5, 0.6) is 0 Å². The van der Waals surface area contributed by atoms with Crippen LogP contribution in [0, 0.1) is 0 Å². The van der Waals surface area contributed by atoms with Crippen molar-refractivity contribution in [3.63, 3.8) is 0 Å². The molecule has 0 bridgehead atoms. The quantitative estimate of drug-likeness (QED) is 0.617. The van der Waals surface area contributed by atoms with E-state index < -0.39 is 6.04 Å². The van der Waals surface area contributed by atoms with Crippen molar-refractivity contribution in [3.8, 4) is 0 Å². The van der Waals surface area contributed by atoms with Crippen LogP contribution in [0.15, 0.2) is 42.5 Å². The van der Waals surface area contributed by atoms with Crippen molar-refractivity contribution in [2.75, 3.05) is 6.54 Å². The summed E-state index contributed by atoms with van der Waals surface area (Å²) in [7, 11) is 0. The van der Waals surface area contributed by atoms with Gasteiger partial charge in [0.25, 0.3) is 0 Å². The zero-order valence-electron chi connectivity index (χ0n) is 15.8. The Bertz CT molecular complexity index is 825. The number of carbonyl (C=O) groups excluding carboxylic acids is 2. The molecule has 0 aliphatic carbocycles. The monoisotopic (exact) mass is 440 g/mol. The lowest BCUT2D eigenvalue weighted by atomic mass is 10.1. The van der Waals surface area contributed by atoms with E-state index in [0.29, 0.717) is 28.0 Å². The number of amides is 2. The highest BCUT2D eigenvalue weighted by atomic mass is 35.5. The number of hydrogen-bond acceptors (Lipinski definition) is 2. The van der Waals surface area contributed by atoms with Gasteiger partial charge in [-0.15, -0.1) is 0 Å². The number of rotatable bonds is 8. The lowest BCUT2D eigenvalue weighted by Gasteiger charge is -2.31. The van der Waals surface area contributed by atoms with Crippen molar-refractivity contribution in [1.82, 2.24) is 10.2 Å². The van der Waals surface area contributed by atoms with Gasteiger partial charge in [0, 0.05) is 28.2 Å². The van der Waals surface area contributed by atoms with Gasteiger partial charge in [0.1, 0.15) is 6.04 Å². The van der Waals surface area contributed by atoms with Gasteiger partial charge >= 0.3 is 0 Å². The highest BCUT2D eigenvalue weighted by Gasteiger charge is 2.28. The van der Waals surface area contributed by atoms with E-state index in [4.69, 9.17) is 34.8 Å². The fourth-order valence-electron chi connectivity index (χ4n) is 2.92. The summed E-state index contributed by atoms with van der Waals surface area (Å²) in [6.45, 7) is 4.45. The first-order chi connectivity index (χ1) is 13.3. The van der Waals surface area contributed by atoms with E-state index in [1.807, 2.05) is 13.8 Å². The van der Waals surface area contributed by atoms with Gasteiger partial charge in [-0.25, -0.2) is 0 Å². The van der Waals surface area contributed by atoms with Gasteiger partial charge in [-0.1, -0.05) is 59.9 Å². The van der Waals surface area contributed by atoms with Crippen LogP contribution in [0.2, 0.25) is 15.1 Å². The predicted octanol–water partition coefficient (Wildman–Crippen LogP) is 5.13. The average Bonchev–Trinajstić information content (AvgIpc) is 2.65. The topological polar surface area (TPSA) is 49.4 Å². The SMILES string of the molecule is CCNC(=O)[C@@H](CC)N(Cc1ccc(Cl)cc1Cl)C(=O)Cc1ccc(Cl)cc1. The molecular weight excluding hydrogens is 419 g/mol. The van der Waals surface area contributed by atoms with Crippen molar-refractivity contribution in [1.29, 1.82) is 0 Å². The molecule has 0 aliphatic rings. The van der Waals surface area contributed by atoms with Gasteiger partial charge < -0.3 is 10.2 Å². The normalized spacial score (nSPS) is 11.8. The molecule has 7 heteroatoms. The highest BCUT2D eigenvalue weighted by Crippen LogP contribution is 2.24. The van der Waals surface area contributed by atoms with E-state index in [-0.39, 0.29) is 24.8 Å². The lowest BCUT2D eigenvalue weighted by molar-refractivity contribution is -0.140. The van der Waals surface area contributed by atoms with E-state index >= 15 is 0 Å². The van der Waals surface area contributed by atoms with Crippen LogP contribution in [-0.2, 0) is 22.6 Å². The van der Waals surface area contributed by atoms with Gasteiger partial charge in [-0.3, -0.25) is 9.59 Å². The molecule has 0 aromatic heterocycles. The minimum absolute atomic E-state index is 0.161. The standard InChI is InChI=1S/C21H23Cl3N2O2/c1-3-19(21(28)25-4-2)26(13-15-7-10-17(23)12-18(15)24)20(27)11-14-5-8-16(22)9-6-14/h5-10,12,19H,3-4,11,13H2,1-2H3,(H,25,28)/t19-/m1/s1. The van der Waals surface area contributed by atoms with Gasteiger partial charge in [0.2, 0.25) is 11.8 Å². The van der Waals surface area contributed by atoms with Crippen LogP contribution in [0.3, 0.4) is 0 Å². The van der Waals surface area contributed by atoms with Crippen LogP contribution in [-0.4, -0.2) is 29.3 Å². The summed E-state index contributed by atoms with van der Waals surface area (Å²) < 4.78 is 0. The summed E-state index contributed by atoms with van der Waals surface area (Å²) >= 11 is 18.2. The third-order valence-electron chi connectivity index (χ3n) is 4.36. The molecule has 0 unspecified atom stereocenters. The van der Waals surface area contributed by atoms with Gasteiger partial charge in [-0.05, 0) is 48.7 Å². The molecule has 2 aromatic rings. The third-order valence-corrected chi connectivity index (χ3v) is 5.20. The van der Waals surface area contributed by atoms with Crippen molar-refractivity contribution < 1.29 is 9.59 Å². The molecule has 2 aromatic carbocycles. The maximum absolute atomic E-state index is 13.1. The minimum atomic E-state index is -0.591. The van der Waals surface area contributed by atoms with E-state index in [1.54, 1.807) is 47.4 Å². The molecule has 0 fully saturated rings. The highest BCUT2D eigenvalue weighted by molar-refractivity contribution is 6.35. The minimum Gasteiger partial charge on any atom is -0.355 e. The summed E-state index contributed by atoms with van der Waals surface area (Å²) in [5.74, 6) is -0.342. The first kappa shape index (κ1) is 22.5. The Kier molecular flexibility index (Phi) is 8.61. The second-order valence-corrected chi connectivity index (χ2v) is 7.66. The second kappa shape index (κ2) is 10.7. The number of nitrogens with zero attached hydrogens (tertiary/aromatic N) is 1. The molecule has 28 heavy (non-hydrogen) atoms. The first-order valence-corrected chi connectivity index (χ1v) is 10.2. The molecule has 0 saturated heterocycles. The molecule has 0 aliphatic heterocycles. The van der Waals surface area contributed by atoms with Crippen LogP contribution >= 0.6 is 34.8 Å². The Morgan fingerprint density at radius 3 is 2.21 bits per heavy atom. The molecule has 2 rings (SSSR count). The van der Waals surface area contributed by atoms with Crippen molar-refractivity contribution >= 4 is 46.6 Å². The van der Waals surface area contributed by atoms with Gasteiger partial charge in [0.15, 0.2) is 0 Å². The van der Waals surface area contributed by atoms with Gasteiger partial charge in [-0.2, -0.15) is 0 Å². The molecular formula is C21H23Cl3N2O2. The molecule has 0 saturated carbocycles. The lowest BCUT2D eigenvalue weighted by Crippen LogP contribution is -2.49. The van der Waals surface area contributed by atoms with Crippen molar-refractivity contribution in [2.45, 2.75) is 39.3 Å². The summed E-state index contributed by atoms with van der Waals surface area (Å²) in [5, 5.41) is 4.39. The van der Waals surface area contributed by atoms with E-state index in [9.17, 15) is 9.59 Å². The Labute approximate surface area is 180 Å². The predicted molar refractivity (Wildman–Crippen MR) is 115 cm³/mol. The third kappa shape index (κ3) is 6.13. The fourth-order valence-corrected chi connectivity index (χ4v) is 3.52. The summed E-state index contributed by atoms with van der Waals surface area (Å²) in [4.78, 5) is 27.3. The molecule has 0 spiro atoms. The van der Waals surface area contributed by atoms with Crippen LogP contribution in [0.25, 0.3) is 0 Å². The smallest absolute Gasteiger partial charge is 0.242 e. The average molecular weight is 442 g/mol. The molecule has 1 atom stereocenters. The van der Waals surface area contributed by atoms with Crippen LogP contribution in [0.4, 0.5) is 0 Å². The largest absolute Gasteiger partial charge is 0.355 e. The maximum Gasteiger partial charge on any atom is 0.242 e. The Balaban J connectivity index is 2.31. The van der Waals surface area contributed by atoms with E-state index in [1.165, 1.54) is 0 Å². The number of halogens is 3. The Morgan fingerprint density at radius 1 is 1.00 bits per heavy atom. The zero-order valence-corrected chi connectivity index (χ0v) is 18.1. The summed E-state index contributed by atoms with van der Waals surface area (Å²) in [6.07, 6.45) is 0.654. The Hall–Kier alpha value is -1.75. The van der Waals surface area contributed by atoms with Crippen molar-refractivity contribution in [3.05, 3.63) is 68.7 Å². The zero-order chi connectivity index (χ0) is 20.7. The van der Waals surface area contributed by atoms with Crippen LogP contribution < -0.4 is 5.32 Å². The molecule has 2 amide bonds. The first-order valence-electron chi connectivity index (χ1n) is 9.11. The molecule has 0 radical (unpaired) electrons. The Morgan fingerprint density at radius 2 is 1.64 bits per heavy atom. The summed E-state index contributed by atoms with van der Waals surface area (Å²) in [6, 6.07) is 11.6. The van der Waals surface area contributed by atoms with Crippen molar-refractivity contribution in [2.24, 2.45) is 0 Å². The summed E-state index contributed by atoms with van der Waals surface area (Å²) in [5.41, 5.74) is 1.56. The number of hydrogen-bond donors (Lipinski definition) is 1. The number of carbonyl (C=O) groups is 2. The molecule has 150 valence electrons. The van der Waals surface area contributed by atoms with E-state index in [0.717, 1.165) is 11.1 Å². The molecule has 4 nitrogen and oxygen atoms in total. The number of likely N-dealkylation sites (N-methyl/N-ethyl adjacent to an activating group) is 1. The number of benzene rings is 2. The maximum atomic E-state index is 13.1. The number of nitrogens with one attached hydrogen (secondary N) is 1. The van der Waals surface area contributed by atoms with Crippen LogP contribution in [0.1, 0.15) is 31.4 Å². The van der Waals surface area contributed by atoms with Gasteiger partial charge in [0.05, 0.1) is 6.42 Å². The molecule has 1 N–H and O–H groups in total.